The maximum atomic E-state index is 17.0. The highest BCUT2D eigenvalue weighted by Crippen LogP contribution is 2.46. The average molecular weight is 602 g/mol. The van der Waals surface area contributed by atoms with E-state index in [2.05, 4.69) is 11.6 Å². The number of hydrogen-bond acceptors (Lipinski definition) is 5. The van der Waals surface area contributed by atoms with Crippen molar-refractivity contribution in [1.29, 1.82) is 0 Å². The summed E-state index contributed by atoms with van der Waals surface area (Å²) in [7, 11) is 0. The number of fused-ring (bicyclic) bond motifs is 5. The van der Waals surface area contributed by atoms with Gasteiger partial charge in [-0.15, -0.1) is 0 Å². The van der Waals surface area contributed by atoms with Gasteiger partial charge >= 0.3 is 0 Å². The van der Waals surface area contributed by atoms with Crippen LogP contribution in [0.2, 0.25) is 0 Å². The predicted octanol–water partition coefficient (Wildman–Crippen LogP) is 6.42. The number of nitrogens with zero attached hydrogens (tertiary/aromatic N) is 3. The molecule has 0 spiro atoms. The van der Waals surface area contributed by atoms with Crippen LogP contribution in [0.25, 0.3) is 33.3 Å². The quantitative estimate of drug-likeness (QED) is 0.273. The summed E-state index contributed by atoms with van der Waals surface area (Å²) in [6.45, 7) is 11.2. The molecule has 0 aliphatic carbocycles. The monoisotopic (exact) mass is 601 g/mol. The predicted molar refractivity (Wildman–Crippen MR) is 161 cm³/mol. The molecular weight excluding hydrogens is 571 g/mol. The molecule has 2 aliphatic rings. The van der Waals surface area contributed by atoms with Crippen molar-refractivity contribution in [3.8, 4) is 28.3 Å². The summed E-state index contributed by atoms with van der Waals surface area (Å²) in [4.78, 5) is 33.1. The molecule has 4 aromatic rings. The minimum absolute atomic E-state index is 0.0267. The highest BCUT2D eigenvalue weighted by molar-refractivity contribution is 6.00. The van der Waals surface area contributed by atoms with Crippen LogP contribution in [0.3, 0.4) is 0 Å². The van der Waals surface area contributed by atoms with Gasteiger partial charge < -0.3 is 14.7 Å². The number of amides is 1. The zero-order chi connectivity index (χ0) is 31.6. The van der Waals surface area contributed by atoms with Crippen LogP contribution in [-0.2, 0) is 4.79 Å². The first kappa shape index (κ1) is 29.2. The Morgan fingerprint density at radius 2 is 1.91 bits per heavy atom. The van der Waals surface area contributed by atoms with Crippen LogP contribution in [0, 0.1) is 30.3 Å². The lowest BCUT2D eigenvalue weighted by Crippen LogP contribution is -2.46. The molecule has 2 aliphatic heterocycles. The number of ether oxygens (including phenoxy) is 1. The van der Waals surface area contributed by atoms with E-state index in [0.717, 1.165) is 22.8 Å². The third kappa shape index (κ3) is 4.31. The van der Waals surface area contributed by atoms with E-state index in [1.807, 2.05) is 13.8 Å². The van der Waals surface area contributed by atoms with Gasteiger partial charge in [-0.3, -0.25) is 19.1 Å². The van der Waals surface area contributed by atoms with E-state index in [4.69, 9.17) is 4.74 Å². The lowest BCUT2D eigenvalue weighted by Gasteiger charge is -2.40. The highest BCUT2D eigenvalue weighted by Gasteiger charge is 2.39. The molecule has 2 unspecified atom stereocenters. The molecule has 7 nitrogen and oxygen atoms in total. The number of pyridine rings is 2. The molecule has 226 valence electrons. The number of hydrogen-bond donors (Lipinski definition) is 1. The molecule has 1 N–H and O–H groups in total. The van der Waals surface area contributed by atoms with Crippen LogP contribution in [0.1, 0.15) is 43.5 Å². The molecule has 2 aromatic carbocycles. The lowest BCUT2D eigenvalue weighted by molar-refractivity contribution is -0.127. The van der Waals surface area contributed by atoms with Crippen LogP contribution >= 0.6 is 0 Å². The Morgan fingerprint density at radius 1 is 1.16 bits per heavy atom. The van der Waals surface area contributed by atoms with Gasteiger partial charge in [0.1, 0.15) is 17.4 Å². The molecule has 0 saturated carbocycles. The zero-order valence-corrected chi connectivity index (χ0v) is 24.6. The normalized spacial score (nSPS) is 17.6. The van der Waals surface area contributed by atoms with Crippen molar-refractivity contribution in [2.75, 3.05) is 13.2 Å². The SMILES string of the molecule is C=CC(=O)N1CC2COc3c(c4cc(F)c(-c5c(O)cccc5F)c(F)c4n(-c4c(C)ccnc4C(C)C)c3=O)C2=CC1C. The Labute approximate surface area is 251 Å². The van der Waals surface area contributed by atoms with Crippen molar-refractivity contribution in [2.45, 2.75) is 39.7 Å². The maximum absolute atomic E-state index is 17.0. The maximum Gasteiger partial charge on any atom is 0.298 e. The number of aromatic hydroxyl groups is 1. The van der Waals surface area contributed by atoms with E-state index < -0.39 is 51.8 Å². The Kier molecular flexibility index (Phi) is 7.10. The van der Waals surface area contributed by atoms with Gasteiger partial charge in [-0.05, 0) is 61.2 Å². The lowest BCUT2D eigenvalue weighted by atomic mass is 9.83. The number of carbonyl (C=O) groups is 1. The Bertz CT molecular complexity index is 1960. The number of carbonyl (C=O) groups excluding carboxylic acids is 1. The number of halogens is 3. The first-order valence-electron chi connectivity index (χ1n) is 14.3. The number of phenolic OH excluding ortho intramolecular Hbond substituents is 1. The van der Waals surface area contributed by atoms with E-state index in [9.17, 15) is 14.7 Å². The fourth-order valence-corrected chi connectivity index (χ4v) is 6.37. The molecule has 0 bridgehead atoms. The molecule has 0 fully saturated rings. The third-order valence-corrected chi connectivity index (χ3v) is 8.42. The Balaban J connectivity index is 1.79. The minimum atomic E-state index is -1.23. The van der Waals surface area contributed by atoms with Gasteiger partial charge in [0.25, 0.3) is 5.56 Å². The van der Waals surface area contributed by atoms with Crippen molar-refractivity contribution < 1.29 is 27.8 Å². The first-order chi connectivity index (χ1) is 21.0. The van der Waals surface area contributed by atoms with E-state index in [1.54, 1.807) is 37.1 Å². The van der Waals surface area contributed by atoms with E-state index >= 15 is 13.2 Å². The number of rotatable bonds is 4. The van der Waals surface area contributed by atoms with Crippen LogP contribution in [0.15, 0.2) is 60.1 Å². The standard InChI is InChI=1S/C34H30F3N3O4/c1-6-25(42)39-14-19-15-44-33-26(20(19)12-18(39)5)21-13-23(36)28(27-22(35)8-7-9-24(27)41)29(37)32(21)40(34(33)43)31-17(4)10-11-38-30(31)16(2)3/h6-13,16,18-19,41H,1,14-15H2,2-5H3. The average Bonchev–Trinajstić information content (AvgIpc) is 2.98. The number of phenols is 1. The smallest absolute Gasteiger partial charge is 0.298 e. The second kappa shape index (κ2) is 10.7. The van der Waals surface area contributed by atoms with Crippen molar-refractivity contribution in [3.63, 3.8) is 0 Å². The fourth-order valence-electron chi connectivity index (χ4n) is 6.37. The summed E-state index contributed by atoms with van der Waals surface area (Å²) in [6.07, 6.45) is 4.60. The zero-order valence-electron chi connectivity index (χ0n) is 24.6. The van der Waals surface area contributed by atoms with Crippen LogP contribution in [0.5, 0.6) is 11.5 Å². The van der Waals surface area contributed by atoms with Crippen molar-refractivity contribution in [1.82, 2.24) is 14.5 Å². The number of aryl methyl sites for hydroxylation is 1. The number of benzene rings is 2. The van der Waals surface area contributed by atoms with Gasteiger partial charge in [0, 0.05) is 35.7 Å². The molecule has 0 radical (unpaired) electrons. The summed E-state index contributed by atoms with van der Waals surface area (Å²) >= 11 is 0. The van der Waals surface area contributed by atoms with Gasteiger partial charge in [0.2, 0.25) is 5.91 Å². The summed E-state index contributed by atoms with van der Waals surface area (Å²) in [5.74, 6) is -5.01. The molecule has 0 saturated heterocycles. The minimum Gasteiger partial charge on any atom is -0.507 e. The van der Waals surface area contributed by atoms with E-state index in [-0.39, 0.29) is 47.2 Å². The van der Waals surface area contributed by atoms with Crippen molar-refractivity contribution >= 4 is 22.4 Å². The number of aromatic nitrogens is 2. The van der Waals surface area contributed by atoms with Crippen LogP contribution in [-0.4, -0.2) is 44.7 Å². The van der Waals surface area contributed by atoms with Crippen molar-refractivity contribution in [2.24, 2.45) is 5.92 Å². The van der Waals surface area contributed by atoms with E-state index in [0.29, 0.717) is 22.5 Å². The Hall–Kier alpha value is -4.86. The van der Waals surface area contributed by atoms with E-state index in [1.165, 1.54) is 12.1 Å². The van der Waals surface area contributed by atoms with Crippen LogP contribution in [0.4, 0.5) is 13.2 Å². The molecule has 44 heavy (non-hydrogen) atoms. The summed E-state index contributed by atoms with van der Waals surface area (Å²) < 4.78 is 55.4. The topological polar surface area (TPSA) is 84.7 Å². The highest BCUT2D eigenvalue weighted by atomic mass is 19.1. The van der Waals surface area contributed by atoms with Gasteiger partial charge in [0.15, 0.2) is 11.6 Å². The molecule has 4 heterocycles. The van der Waals surface area contributed by atoms with Gasteiger partial charge in [-0.25, -0.2) is 13.2 Å². The fraction of sp³-hybridized carbons (Fsp3) is 0.265. The summed E-state index contributed by atoms with van der Waals surface area (Å²) in [5, 5.41) is 10.5. The third-order valence-electron chi connectivity index (χ3n) is 8.42. The molecule has 6 rings (SSSR count). The van der Waals surface area contributed by atoms with Crippen LogP contribution < -0.4 is 10.3 Å². The van der Waals surface area contributed by atoms with Gasteiger partial charge in [-0.2, -0.15) is 0 Å². The summed E-state index contributed by atoms with van der Waals surface area (Å²) in [6, 6.07) is 5.66. The second-order valence-corrected chi connectivity index (χ2v) is 11.5. The van der Waals surface area contributed by atoms with Gasteiger partial charge in [0.05, 0.1) is 34.6 Å². The van der Waals surface area contributed by atoms with Gasteiger partial charge in [-0.1, -0.05) is 32.6 Å². The largest absolute Gasteiger partial charge is 0.507 e. The molecule has 2 aromatic heterocycles. The molecule has 10 heteroatoms. The molecular formula is C34H30F3N3O4. The van der Waals surface area contributed by atoms with Crippen molar-refractivity contribution in [3.05, 3.63) is 99.9 Å². The second-order valence-electron chi connectivity index (χ2n) is 11.5. The summed E-state index contributed by atoms with van der Waals surface area (Å²) in [5.41, 5.74) is -0.257. The first-order valence-corrected chi connectivity index (χ1v) is 14.3. The molecule has 2 atom stereocenters. The molecule has 1 amide bonds. The Morgan fingerprint density at radius 3 is 2.59 bits per heavy atom.